The van der Waals surface area contributed by atoms with Gasteiger partial charge in [-0.3, -0.25) is 0 Å². The molecule has 3 aromatic rings. The zero-order valence-electron chi connectivity index (χ0n) is 14.3. The van der Waals surface area contributed by atoms with E-state index in [0.29, 0.717) is 0 Å². The van der Waals surface area contributed by atoms with Crippen LogP contribution in [-0.2, 0) is 11.1 Å². The minimum atomic E-state index is -0.426. The number of aryl methyl sites for hydroxylation is 2. The number of hydrogen-bond acceptors (Lipinski definition) is 4. The van der Waals surface area contributed by atoms with Crippen LogP contribution in [0.4, 0.5) is 0 Å². The summed E-state index contributed by atoms with van der Waals surface area (Å²) in [5.41, 5.74) is 20.2. The normalized spacial score (nSPS) is 26.2. The molecule has 2 atom stereocenters. The molecule has 2 unspecified atom stereocenters. The van der Waals surface area contributed by atoms with Gasteiger partial charge in [-0.15, -0.1) is 22.7 Å². The first-order valence-electron chi connectivity index (χ1n) is 8.20. The maximum atomic E-state index is 6.78. The van der Waals surface area contributed by atoms with Gasteiger partial charge in [-0.25, -0.2) is 0 Å². The molecule has 2 aromatic heterocycles. The summed E-state index contributed by atoms with van der Waals surface area (Å²) in [5, 5.41) is 0. The lowest BCUT2D eigenvalue weighted by Crippen LogP contribution is -2.33. The van der Waals surface area contributed by atoms with Crippen molar-refractivity contribution in [1.29, 1.82) is 0 Å². The Kier molecular flexibility index (Phi) is 2.60. The van der Waals surface area contributed by atoms with Crippen LogP contribution < -0.4 is 11.5 Å². The largest absolute Gasteiger partial charge is 0.318 e. The van der Waals surface area contributed by atoms with Gasteiger partial charge in [-0.05, 0) is 85.3 Å². The minimum absolute atomic E-state index is 0.426. The summed E-state index contributed by atoms with van der Waals surface area (Å²) >= 11 is 3.68. The first-order valence-corrected chi connectivity index (χ1v) is 9.84. The molecule has 0 saturated heterocycles. The van der Waals surface area contributed by atoms with E-state index in [0.717, 1.165) is 0 Å². The Morgan fingerprint density at radius 1 is 0.667 bits per heavy atom. The zero-order valence-corrected chi connectivity index (χ0v) is 15.9. The Labute approximate surface area is 150 Å². The van der Waals surface area contributed by atoms with Gasteiger partial charge in [-0.2, -0.15) is 0 Å². The lowest BCUT2D eigenvalue weighted by atomic mass is 9.86. The second-order valence-electron chi connectivity index (χ2n) is 7.55. The fourth-order valence-corrected chi connectivity index (χ4v) is 6.64. The van der Waals surface area contributed by atoms with Crippen LogP contribution in [-0.4, -0.2) is 0 Å². The van der Waals surface area contributed by atoms with Crippen LogP contribution in [0.15, 0.2) is 24.3 Å². The highest BCUT2D eigenvalue weighted by molar-refractivity contribution is 7.16. The highest BCUT2D eigenvalue weighted by atomic mass is 32.1. The molecule has 0 saturated carbocycles. The molecule has 2 nitrogen and oxygen atoms in total. The number of nitrogens with two attached hydrogens (primary N) is 2. The SMILES string of the molecule is Cc1cc2c(s1)-c1cc3c(cc1C2(C)N)-c1sc(C)cc1C3(C)N. The molecule has 0 bridgehead atoms. The van der Waals surface area contributed by atoms with E-state index in [9.17, 15) is 0 Å². The van der Waals surface area contributed by atoms with Crippen LogP contribution in [0.1, 0.15) is 45.9 Å². The molecule has 0 radical (unpaired) electrons. The summed E-state index contributed by atoms with van der Waals surface area (Å²) in [4.78, 5) is 5.26. The van der Waals surface area contributed by atoms with Gasteiger partial charge in [0.15, 0.2) is 0 Å². The molecule has 2 aliphatic carbocycles. The fraction of sp³-hybridized carbons (Fsp3) is 0.300. The molecule has 24 heavy (non-hydrogen) atoms. The predicted molar refractivity (Wildman–Crippen MR) is 104 cm³/mol. The summed E-state index contributed by atoms with van der Waals surface area (Å²) in [7, 11) is 0. The third kappa shape index (κ3) is 1.58. The van der Waals surface area contributed by atoms with Crippen LogP contribution in [0.2, 0.25) is 0 Å². The molecule has 5 rings (SSSR count). The molecule has 0 fully saturated rings. The maximum Gasteiger partial charge on any atom is 0.0657 e. The van der Waals surface area contributed by atoms with E-state index in [1.807, 2.05) is 22.7 Å². The first-order chi connectivity index (χ1) is 11.2. The van der Waals surface area contributed by atoms with Gasteiger partial charge in [0, 0.05) is 19.5 Å². The standard InChI is InChI=1S/C20H20N2S2/c1-9-5-15-17(23-9)11-7-14-12(8-13(11)19(15,3)21)18-16(20(14,4)22)6-10(2)24-18/h5-8H,21-22H2,1-4H3. The lowest BCUT2D eigenvalue weighted by molar-refractivity contribution is 0.614. The topological polar surface area (TPSA) is 52.0 Å². The van der Waals surface area contributed by atoms with Crippen LogP contribution in [0.25, 0.3) is 20.9 Å². The summed E-state index contributed by atoms with van der Waals surface area (Å²) in [6.45, 7) is 8.57. The number of rotatable bonds is 0. The third-order valence-corrected chi connectivity index (χ3v) is 7.76. The smallest absolute Gasteiger partial charge is 0.0657 e. The van der Waals surface area contributed by atoms with Crippen molar-refractivity contribution in [3.63, 3.8) is 0 Å². The zero-order chi connectivity index (χ0) is 17.0. The van der Waals surface area contributed by atoms with Gasteiger partial charge in [0.2, 0.25) is 0 Å². The highest BCUT2D eigenvalue weighted by Gasteiger charge is 2.43. The van der Waals surface area contributed by atoms with E-state index < -0.39 is 11.1 Å². The van der Waals surface area contributed by atoms with E-state index in [4.69, 9.17) is 11.5 Å². The van der Waals surface area contributed by atoms with Gasteiger partial charge in [0.1, 0.15) is 0 Å². The van der Waals surface area contributed by atoms with Crippen molar-refractivity contribution >= 4 is 22.7 Å². The lowest BCUT2D eigenvalue weighted by Gasteiger charge is -2.24. The second-order valence-corrected chi connectivity index (χ2v) is 10.1. The van der Waals surface area contributed by atoms with Crippen molar-refractivity contribution in [3.8, 4) is 20.9 Å². The summed E-state index contributed by atoms with van der Waals surface area (Å²) < 4.78 is 0. The van der Waals surface area contributed by atoms with Gasteiger partial charge >= 0.3 is 0 Å². The maximum absolute atomic E-state index is 6.78. The van der Waals surface area contributed by atoms with Gasteiger partial charge < -0.3 is 11.5 Å². The molecule has 4 heteroatoms. The van der Waals surface area contributed by atoms with Gasteiger partial charge in [-0.1, -0.05) is 0 Å². The van der Waals surface area contributed by atoms with E-state index in [2.05, 4.69) is 52.0 Å². The Morgan fingerprint density at radius 3 is 1.42 bits per heavy atom. The van der Waals surface area contributed by atoms with Gasteiger partial charge in [0.05, 0.1) is 11.1 Å². The summed E-state index contributed by atoms with van der Waals surface area (Å²) in [6, 6.07) is 9.10. The van der Waals surface area contributed by atoms with E-state index in [1.54, 1.807) is 0 Å². The number of benzene rings is 1. The molecule has 4 N–H and O–H groups in total. The summed E-state index contributed by atoms with van der Waals surface area (Å²) in [6.07, 6.45) is 0. The van der Waals surface area contributed by atoms with Crippen molar-refractivity contribution in [1.82, 2.24) is 0 Å². The molecule has 2 heterocycles. The van der Waals surface area contributed by atoms with Crippen molar-refractivity contribution in [2.45, 2.75) is 38.8 Å². The molecule has 0 amide bonds. The number of thiophene rings is 2. The number of hydrogen-bond donors (Lipinski definition) is 2. The van der Waals surface area contributed by atoms with Crippen LogP contribution in [0, 0.1) is 13.8 Å². The molecule has 0 spiro atoms. The van der Waals surface area contributed by atoms with Crippen LogP contribution >= 0.6 is 22.7 Å². The van der Waals surface area contributed by atoms with Crippen molar-refractivity contribution in [2.75, 3.05) is 0 Å². The third-order valence-electron chi connectivity index (χ3n) is 5.60. The fourth-order valence-electron chi connectivity index (χ4n) is 4.33. The quantitative estimate of drug-likeness (QED) is 0.609. The molecular weight excluding hydrogens is 332 g/mol. The molecule has 1 aromatic carbocycles. The molecule has 2 aliphatic rings. The monoisotopic (exact) mass is 352 g/mol. The van der Waals surface area contributed by atoms with E-state index in [-0.39, 0.29) is 0 Å². The van der Waals surface area contributed by atoms with Crippen molar-refractivity contribution in [2.24, 2.45) is 11.5 Å². The average Bonchev–Trinajstić information content (AvgIpc) is 3.17. The highest BCUT2D eigenvalue weighted by Crippen LogP contribution is 2.56. The second kappa shape index (κ2) is 4.20. The van der Waals surface area contributed by atoms with E-state index in [1.165, 1.54) is 52.9 Å². The number of fused-ring (bicyclic) bond motifs is 6. The van der Waals surface area contributed by atoms with Crippen LogP contribution in [0.5, 0.6) is 0 Å². The average molecular weight is 353 g/mol. The minimum Gasteiger partial charge on any atom is -0.318 e. The van der Waals surface area contributed by atoms with Crippen molar-refractivity contribution in [3.05, 3.63) is 56.3 Å². The van der Waals surface area contributed by atoms with Crippen molar-refractivity contribution < 1.29 is 0 Å². The Balaban J connectivity index is 1.86. The first kappa shape index (κ1) is 14.8. The summed E-state index contributed by atoms with van der Waals surface area (Å²) in [5.74, 6) is 0. The Bertz CT molecular complexity index is 950. The van der Waals surface area contributed by atoms with E-state index >= 15 is 0 Å². The predicted octanol–water partition coefficient (Wildman–Crippen LogP) is 4.83. The van der Waals surface area contributed by atoms with Crippen LogP contribution in [0.3, 0.4) is 0 Å². The Hall–Kier alpha value is -1.46. The van der Waals surface area contributed by atoms with Gasteiger partial charge in [0.25, 0.3) is 0 Å². The molecule has 0 aliphatic heterocycles. The molecular formula is C20H20N2S2. The Morgan fingerprint density at radius 2 is 1.04 bits per heavy atom. The molecule has 122 valence electrons.